The van der Waals surface area contributed by atoms with Crippen LogP contribution in [0.2, 0.25) is 0 Å². The summed E-state index contributed by atoms with van der Waals surface area (Å²) in [5, 5.41) is 3.73. The molecule has 0 bridgehead atoms. The first-order chi connectivity index (χ1) is 9.42. The average molecular weight is 258 g/mol. The van der Waals surface area contributed by atoms with E-state index in [2.05, 4.69) is 40.5 Å². The van der Waals surface area contributed by atoms with Crippen molar-refractivity contribution in [2.75, 3.05) is 26.2 Å². The van der Waals surface area contributed by atoms with Crippen molar-refractivity contribution in [3.8, 4) is 0 Å². The van der Waals surface area contributed by atoms with E-state index in [9.17, 15) is 0 Å². The number of likely N-dealkylation sites (tertiary alicyclic amines) is 1. The fourth-order valence-electron chi connectivity index (χ4n) is 3.62. The molecule has 0 amide bonds. The fraction of sp³-hybridized carbons (Fsp3) is 0.647. The standard InChI is InChI=1S/C17H26N2/c1-3-7-15(8-4-1)13-16-9-10-18-17(16)14-19-11-5-2-6-12-19/h1,3-4,7-8,16-18H,2,5-6,9-14H2/t16-,17-/m0/s1. The smallest absolute Gasteiger partial charge is 0.0226 e. The van der Waals surface area contributed by atoms with Crippen LogP contribution in [0.5, 0.6) is 0 Å². The monoisotopic (exact) mass is 258 g/mol. The summed E-state index contributed by atoms with van der Waals surface area (Å²) >= 11 is 0. The Labute approximate surface area is 117 Å². The Morgan fingerprint density at radius 1 is 1.05 bits per heavy atom. The molecule has 1 aromatic rings. The maximum absolute atomic E-state index is 3.73. The van der Waals surface area contributed by atoms with Gasteiger partial charge in [0.25, 0.3) is 0 Å². The molecule has 2 fully saturated rings. The molecule has 0 radical (unpaired) electrons. The van der Waals surface area contributed by atoms with E-state index in [0.717, 1.165) is 5.92 Å². The molecule has 2 aliphatic rings. The molecule has 2 saturated heterocycles. The Kier molecular flexibility index (Phi) is 4.52. The number of nitrogens with zero attached hydrogens (tertiary/aromatic N) is 1. The molecule has 1 N–H and O–H groups in total. The van der Waals surface area contributed by atoms with Crippen LogP contribution in [0.4, 0.5) is 0 Å². The Morgan fingerprint density at radius 3 is 2.63 bits per heavy atom. The van der Waals surface area contributed by atoms with E-state index in [4.69, 9.17) is 0 Å². The van der Waals surface area contributed by atoms with Crippen molar-refractivity contribution in [3.05, 3.63) is 35.9 Å². The molecule has 0 aliphatic carbocycles. The molecule has 2 atom stereocenters. The minimum absolute atomic E-state index is 0.707. The van der Waals surface area contributed by atoms with Crippen molar-refractivity contribution in [3.63, 3.8) is 0 Å². The second-order valence-electron chi connectivity index (χ2n) is 6.16. The first-order valence-corrected chi connectivity index (χ1v) is 7.91. The summed E-state index contributed by atoms with van der Waals surface area (Å²) in [5.74, 6) is 0.823. The minimum Gasteiger partial charge on any atom is -0.312 e. The van der Waals surface area contributed by atoms with Gasteiger partial charge in [0.15, 0.2) is 0 Å². The molecule has 0 unspecified atom stereocenters. The van der Waals surface area contributed by atoms with Crippen LogP contribution in [0.3, 0.4) is 0 Å². The largest absolute Gasteiger partial charge is 0.312 e. The molecular formula is C17H26N2. The van der Waals surface area contributed by atoms with Gasteiger partial charge in [-0.1, -0.05) is 36.8 Å². The van der Waals surface area contributed by atoms with E-state index >= 15 is 0 Å². The van der Waals surface area contributed by atoms with Gasteiger partial charge in [-0.3, -0.25) is 0 Å². The third-order valence-electron chi connectivity index (χ3n) is 4.73. The lowest BCUT2D eigenvalue weighted by atomic mass is 9.92. The number of piperidine rings is 1. The van der Waals surface area contributed by atoms with Gasteiger partial charge in [0, 0.05) is 12.6 Å². The number of nitrogens with one attached hydrogen (secondary N) is 1. The summed E-state index contributed by atoms with van der Waals surface area (Å²) in [5.41, 5.74) is 1.50. The summed E-state index contributed by atoms with van der Waals surface area (Å²) in [6, 6.07) is 11.7. The maximum Gasteiger partial charge on any atom is 0.0226 e. The molecule has 2 nitrogen and oxygen atoms in total. The third kappa shape index (κ3) is 3.58. The van der Waals surface area contributed by atoms with Gasteiger partial charge in [-0.05, 0) is 56.8 Å². The van der Waals surface area contributed by atoms with Crippen molar-refractivity contribution in [1.29, 1.82) is 0 Å². The lowest BCUT2D eigenvalue weighted by molar-refractivity contribution is 0.196. The second kappa shape index (κ2) is 6.53. The van der Waals surface area contributed by atoms with Crippen LogP contribution in [0.25, 0.3) is 0 Å². The van der Waals surface area contributed by atoms with Crippen LogP contribution in [-0.2, 0) is 6.42 Å². The molecular weight excluding hydrogens is 232 g/mol. The molecule has 2 aliphatic heterocycles. The minimum atomic E-state index is 0.707. The highest BCUT2D eigenvalue weighted by atomic mass is 15.2. The molecule has 2 heterocycles. The van der Waals surface area contributed by atoms with Gasteiger partial charge in [0.05, 0.1) is 0 Å². The summed E-state index contributed by atoms with van der Waals surface area (Å²) in [7, 11) is 0. The molecule has 0 saturated carbocycles. The van der Waals surface area contributed by atoms with Gasteiger partial charge < -0.3 is 10.2 Å². The van der Waals surface area contributed by atoms with Crippen molar-refractivity contribution < 1.29 is 0 Å². The summed E-state index contributed by atoms with van der Waals surface area (Å²) in [4.78, 5) is 2.67. The quantitative estimate of drug-likeness (QED) is 0.893. The molecule has 104 valence electrons. The van der Waals surface area contributed by atoms with Gasteiger partial charge >= 0.3 is 0 Å². The fourth-order valence-corrected chi connectivity index (χ4v) is 3.62. The highest BCUT2D eigenvalue weighted by molar-refractivity contribution is 5.16. The SMILES string of the molecule is c1ccc(C[C@@H]2CCN[C@H]2CN2CCCCC2)cc1. The zero-order chi connectivity index (χ0) is 12.9. The highest BCUT2D eigenvalue weighted by Crippen LogP contribution is 2.22. The zero-order valence-electron chi connectivity index (χ0n) is 11.9. The van der Waals surface area contributed by atoms with Gasteiger partial charge in [0.1, 0.15) is 0 Å². The lowest BCUT2D eigenvalue weighted by Gasteiger charge is -2.31. The van der Waals surface area contributed by atoms with E-state index in [1.54, 1.807) is 0 Å². The van der Waals surface area contributed by atoms with E-state index < -0.39 is 0 Å². The average Bonchev–Trinajstić information content (AvgIpc) is 2.88. The predicted octanol–water partition coefficient (Wildman–Crippen LogP) is 2.69. The number of hydrogen-bond acceptors (Lipinski definition) is 2. The number of rotatable bonds is 4. The number of hydrogen-bond donors (Lipinski definition) is 1. The van der Waals surface area contributed by atoms with Gasteiger partial charge in [-0.25, -0.2) is 0 Å². The second-order valence-corrected chi connectivity index (χ2v) is 6.16. The maximum atomic E-state index is 3.73. The van der Waals surface area contributed by atoms with Crippen LogP contribution in [0.15, 0.2) is 30.3 Å². The van der Waals surface area contributed by atoms with E-state index in [1.807, 2.05) is 0 Å². The lowest BCUT2D eigenvalue weighted by Crippen LogP contribution is -2.43. The third-order valence-corrected chi connectivity index (χ3v) is 4.73. The van der Waals surface area contributed by atoms with Crippen LogP contribution >= 0.6 is 0 Å². The van der Waals surface area contributed by atoms with Crippen molar-refractivity contribution in [2.24, 2.45) is 5.92 Å². The predicted molar refractivity (Wildman–Crippen MR) is 80.3 cm³/mol. The molecule has 0 spiro atoms. The van der Waals surface area contributed by atoms with E-state index in [1.165, 1.54) is 63.8 Å². The molecule has 2 heteroatoms. The molecule has 0 aromatic heterocycles. The van der Waals surface area contributed by atoms with E-state index in [-0.39, 0.29) is 0 Å². The van der Waals surface area contributed by atoms with Crippen LogP contribution in [0, 0.1) is 5.92 Å². The Morgan fingerprint density at radius 2 is 1.84 bits per heavy atom. The van der Waals surface area contributed by atoms with E-state index in [0.29, 0.717) is 6.04 Å². The molecule has 3 rings (SSSR count). The van der Waals surface area contributed by atoms with Crippen molar-refractivity contribution >= 4 is 0 Å². The summed E-state index contributed by atoms with van der Waals surface area (Å²) < 4.78 is 0. The molecule has 1 aromatic carbocycles. The highest BCUT2D eigenvalue weighted by Gasteiger charge is 2.28. The van der Waals surface area contributed by atoms with Crippen molar-refractivity contribution in [1.82, 2.24) is 10.2 Å². The van der Waals surface area contributed by atoms with Crippen molar-refractivity contribution in [2.45, 2.75) is 38.1 Å². The Hall–Kier alpha value is -0.860. The normalized spacial score (nSPS) is 28.6. The molecule has 19 heavy (non-hydrogen) atoms. The van der Waals surface area contributed by atoms with Crippen LogP contribution in [-0.4, -0.2) is 37.1 Å². The van der Waals surface area contributed by atoms with Gasteiger partial charge in [0.2, 0.25) is 0 Å². The topological polar surface area (TPSA) is 15.3 Å². The Bertz CT molecular complexity index is 370. The van der Waals surface area contributed by atoms with Crippen LogP contribution < -0.4 is 5.32 Å². The van der Waals surface area contributed by atoms with Gasteiger partial charge in [-0.2, -0.15) is 0 Å². The first kappa shape index (κ1) is 13.1. The summed E-state index contributed by atoms with van der Waals surface area (Å²) in [6.45, 7) is 5.10. The first-order valence-electron chi connectivity index (χ1n) is 7.91. The zero-order valence-corrected chi connectivity index (χ0v) is 11.9. The van der Waals surface area contributed by atoms with Gasteiger partial charge in [-0.15, -0.1) is 0 Å². The van der Waals surface area contributed by atoms with Crippen LogP contribution in [0.1, 0.15) is 31.2 Å². The number of benzene rings is 1. The Balaban J connectivity index is 1.55. The summed E-state index contributed by atoms with van der Waals surface area (Å²) in [6.07, 6.45) is 6.81.